The molecule has 0 radical (unpaired) electrons. The van der Waals surface area contributed by atoms with E-state index in [-0.39, 0.29) is 0 Å². The van der Waals surface area contributed by atoms with Crippen LogP contribution in [0.1, 0.15) is 27.2 Å². The van der Waals surface area contributed by atoms with Crippen LogP contribution in [0, 0.1) is 5.92 Å². The predicted molar refractivity (Wildman–Crippen MR) is 41.1 cm³/mol. The van der Waals surface area contributed by atoms with Crippen LogP contribution >= 0.6 is 0 Å². The van der Waals surface area contributed by atoms with E-state index in [1.54, 1.807) is 0 Å². The van der Waals surface area contributed by atoms with Gasteiger partial charge in [0.15, 0.2) is 0 Å². The molecule has 3 heteroatoms. The molecule has 0 rings (SSSR count). The zero-order valence-corrected chi connectivity index (χ0v) is 7.22. The number of ketones is 1. The van der Waals surface area contributed by atoms with Crippen molar-refractivity contribution >= 4 is 11.8 Å². The molecule has 0 aliphatic rings. The van der Waals surface area contributed by atoms with Crippen molar-refractivity contribution in [3.8, 4) is 0 Å². The van der Waals surface area contributed by atoms with Crippen LogP contribution in [0.5, 0.6) is 0 Å². The summed E-state index contributed by atoms with van der Waals surface area (Å²) in [4.78, 5) is 20.9. The van der Waals surface area contributed by atoms with Gasteiger partial charge in [-0.25, -0.2) is 4.79 Å². The van der Waals surface area contributed by atoms with Gasteiger partial charge in [0.05, 0.1) is 6.61 Å². The molecule has 64 valence electrons. The third kappa shape index (κ3) is 5.58. The number of carbonyl (C=O) groups excluding carboxylic acids is 2. The van der Waals surface area contributed by atoms with Crippen molar-refractivity contribution in [2.24, 2.45) is 5.92 Å². The summed E-state index contributed by atoms with van der Waals surface area (Å²) in [5, 5.41) is 0. The van der Waals surface area contributed by atoms with E-state index in [1.807, 2.05) is 13.8 Å². The van der Waals surface area contributed by atoms with Crippen molar-refractivity contribution in [3.05, 3.63) is 0 Å². The average molecular weight is 158 g/mol. The first-order valence-electron chi connectivity index (χ1n) is 3.71. The molecule has 0 heterocycles. The van der Waals surface area contributed by atoms with E-state index in [0.717, 1.165) is 6.42 Å². The van der Waals surface area contributed by atoms with Gasteiger partial charge in [-0.1, -0.05) is 13.8 Å². The third-order valence-corrected chi connectivity index (χ3v) is 1.22. The molecule has 0 aliphatic carbocycles. The van der Waals surface area contributed by atoms with Gasteiger partial charge in [0, 0.05) is 6.92 Å². The molecule has 0 amide bonds. The fourth-order valence-electron chi connectivity index (χ4n) is 0.489. The Morgan fingerprint density at radius 2 is 1.91 bits per heavy atom. The average Bonchev–Trinajstić information content (AvgIpc) is 1.86. The predicted octanol–water partition coefficient (Wildman–Crippen LogP) is 1.16. The van der Waals surface area contributed by atoms with Crippen LogP contribution in [0.3, 0.4) is 0 Å². The second-order valence-corrected chi connectivity index (χ2v) is 2.87. The number of hydrogen-bond donors (Lipinski definition) is 0. The Bertz CT molecular complexity index is 149. The van der Waals surface area contributed by atoms with E-state index in [1.165, 1.54) is 6.92 Å². The highest BCUT2D eigenvalue weighted by atomic mass is 16.5. The minimum Gasteiger partial charge on any atom is -0.460 e. The van der Waals surface area contributed by atoms with Gasteiger partial charge in [0.2, 0.25) is 5.78 Å². The zero-order valence-electron chi connectivity index (χ0n) is 7.22. The molecule has 0 spiro atoms. The van der Waals surface area contributed by atoms with Crippen molar-refractivity contribution in [2.45, 2.75) is 27.2 Å². The normalized spacial score (nSPS) is 9.82. The van der Waals surface area contributed by atoms with E-state index in [0.29, 0.717) is 12.5 Å². The lowest BCUT2D eigenvalue weighted by Gasteiger charge is -2.03. The number of hydrogen-bond acceptors (Lipinski definition) is 3. The Morgan fingerprint density at radius 3 is 2.27 bits per heavy atom. The van der Waals surface area contributed by atoms with Crippen LogP contribution in [0.25, 0.3) is 0 Å². The van der Waals surface area contributed by atoms with E-state index >= 15 is 0 Å². The van der Waals surface area contributed by atoms with Crippen LogP contribution in [0.4, 0.5) is 0 Å². The fraction of sp³-hybridized carbons (Fsp3) is 0.750. The molecule has 3 nitrogen and oxygen atoms in total. The summed E-state index contributed by atoms with van der Waals surface area (Å²) in [7, 11) is 0. The van der Waals surface area contributed by atoms with E-state index < -0.39 is 11.8 Å². The van der Waals surface area contributed by atoms with Gasteiger partial charge in [0.1, 0.15) is 0 Å². The largest absolute Gasteiger partial charge is 0.460 e. The summed E-state index contributed by atoms with van der Waals surface area (Å²) in [6.07, 6.45) is 0.805. The van der Waals surface area contributed by atoms with Gasteiger partial charge < -0.3 is 4.74 Å². The van der Waals surface area contributed by atoms with Crippen LogP contribution in [0.2, 0.25) is 0 Å². The first kappa shape index (κ1) is 10.1. The summed E-state index contributed by atoms with van der Waals surface area (Å²) in [6, 6.07) is 0. The topological polar surface area (TPSA) is 43.4 Å². The fourth-order valence-corrected chi connectivity index (χ4v) is 0.489. The second kappa shape index (κ2) is 4.88. The van der Waals surface area contributed by atoms with Gasteiger partial charge in [-0.3, -0.25) is 4.79 Å². The molecule has 0 unspecified atom stereocenters. The van der Waals surface area contributed by atoms with Crippen LogP contribution < -0.4 is 0 Å². The molecule has 0 aromatic carbocycles. The number of ether oxygens (including phenoxy) is 1. The SMILES string of the molecule is CC(=O)C(=O)OCCC(C)C. The molecule has 0 bridgehead atoms. The van der Waals surface area contributed by atoms with Crippen LogP contribution in [-0.4, -0.2) is 18.4 Å². The van der Waals surface area contributed by atoms with Crippen LogP contribution in [0.15, 0.2) is 0 Å². The van der Waals surface area contributed by atoms with Gasteiger partial charge in [0.25, 0.3) is 0 Å². The molecule has 11 heavy (non-hydrogen) atoms. The van der Waals surface area contributed by atoms with Crippen molar-refractivity contribution in [1.82, 2.24) is 0 Å². The summed E-state index contributed by atoms with van der Waals surface area (Å²) in [6.45, 7) is 5.61. The maximum absolute atomic E-state index is 10.6. The molecule has 0 N–H and O–H groups in total. The zero-order chi connectivity index (χ0) is 8.85. The lowest BCUT2D eigenvalue weighted by molar-refractivity contribution is -0.153. The maximum atomic E-state index is 10.6. The van der Waals surface area contributed by atoms with E-state index in [2.05, 4.69) is 4.74 Å². The van der Waals surface area contributed by atoms with Crippen molar-refractivity contribution < 1.29 is 14.3 Å². The second-order valence-electron chi connectivity index (χ2n) is 2.87. The Balaban J connectivity index is 3.40. The molecule has 0 saturated carbocycles. The summed E-state index contributed by atoms with van der Waals surface area (Å²) < 4.78 is 4.63. The standard InChI is InChI=1S/C8H14O3/c1-6(2)4-5-11-8(10)7(3)9/h6H,4-5H2,1-3H3. The highest BCUT2D eigenvalue weighted by molar-refractivity contribution is 6.32. The van der Waals surface area contributed by atoms with E-state index in [9.17, 15) is 9.59 Å². The molecule has 0 aromatic heterocycles. The first-order valence-corrected chi connectivity index (χ1v) is 3.71. The monoisotopic (exact) mass is 158 g/mol. The lowest BCUT2D eigenvalue weighted by Crippen LogP contribution is -2.15. The quantitative estimate of drug-likeness (QED) is 0.455. The van der Waals surface area contributed by atoms with Crippen molar-refractivity contribution in [2.75, 3.05) is 6.61 Å². The van der Waals surface area contributed by atoms with Gasteiger partial charge in [-0.2, -0.15) is 0 Å². The smallest absolute Gasteiger partial charge is 0.374 e. The summed E-state index contributed by atoms with van der Waals surface area (Å²) >= 11 is 0. The van der Waals surface area contributed by atoms with Crippen molar-refractivity contribution in [1.29, 1.82) is 0 Å². The Labute approximate surface area is 66.7 Å². The minimum absolute atomic E-state index is 0.343. The minimum atomic E-state index is -0.731. The maximum Gasteiger partial charge on any atom is 0.374 e. The molecule has 0 aromatic rings. The van der Waals surface area contributed by atoms with Gasteiger partial charge >= 0.3 is 5.97 Å². The highest BCUT2D eigenvalue weighted by Crippen LogP contribution is 1.98. The third-order valence-electron chi connectivity index (χ3n) is 1.22. The number of Topliss-reactive ketones (excluding diaryl/α,β-unsaturated/α-hetero) is 1. The Hall–Kier alpha value is -0.860. The molecule has 0 aliphatic heterocycles. The molecular weight excluding hydrogens is 144 g/mol. The number of carbonyl (C=O) groups is 2. The van der Waals surface area contributed by atoms with E-state index in [4.69, 9.17) is 0 Å². The van der Waals surface area contributed by atoms with Gasteiger partial charge in [-0.05, 0) is 12.3 Å². The molecule has 0 atom stereocenters. The van der Waals surface area contributed by atoms with Gasteiger partial charge in [-0.15, -0.1) is 0 Å². The molecule has 0 fully saturated rings. The summed E-state index contributed by atoms with van der Waals surface area (Å²) in [5.41, 5.74) is 0. The first-order chi connectivity index (χ1) is 5.04. The number of rotatable bonds is 4. The number of esters is 1. The Morgan fingerprint density at radius 1 is 1.36 bits per heavy atom. The molecular formula is C8H14O3. The summed E-state index contributed by atoms with van der Waals surface area (Å²) in [5.74, 6) is -0.769. The van der Waals surface area contributed by atoms with Crippen molar-refractivity contribution in [3.63, 3.8) is 0 Å². The molecule has 0 saturated heterocycles. The Kier molecular flexibility index (Phi) is 4.50. The van der Waals surface area contributed by atoms with Crippen LogP contribution in [-0.2, 0) is 14.3 Å². The highest BCUT2D eigenvalue weighted by Gasteiger charge is 2.07. The lowest BCUT2D eigenvalue weighted by atomic mass is 10.1.